The van der Waals surface area contributed by atoms with E-state index >= 15 is 0 Å². The topological polar surface area (TPSA) is 50.2 Å². The van der Waals surface area contributed by atoms with Crippen LogP contribution >= 0.6 is 0 Å². The van der Waals surface area contributed by atoms with Crippen LogP contribution in [-0.4, -0.2) is 35.3 Å². The van der Waals surface area contributed by atoms with Crippen LogP contribution in [0.3, 0.4) is 0 Å². The van der Waals surface area contributed by atoms with Crippen molar-refractivity contribution in [1.29, 1.82) is 0 Å². The normalized spacial score (nSPS) is 29.2. The summed E-state index contributed by atoms with van der Waals surface area (Å²) < 4.78 is 1.74. The Morgan fingerprint density at radius 1 is 1.47 bits per heavy atom. The van der Waals surface area contributed by atoms with E-state index in [-0.39, 0.29) is 11.3 Å². The van der Waals surface area contributed by atoms with E-state index in [1.165, 1.54) is 0 Å². The summed E-state index contributed by atoms with van der Waals surface area (Å²) in [5.41, 5.74) is 0.786. The molecule has 5 nitrogen and oxygen atoms in total. The van der Waals surface area contributed by atoms with Crippen molar-refractivity contribution in [2.24, 2.45) is 12.5 Å². The second kappa shape index (κ2) is 3.84. The van der Waals surface area contributed by atoms with Crippen LogP contribution in [0.5, 0.6) is 0 Å². The zero-order chi connectivity index (χ0) is 11.9. The van der Waals surface area contributed by atoms with Crippen LogP contribution in [-0.2, 0) is 11.8 Å². The molecule has 0 bridgehead atoms. The van der Waals surface area contributed by atoms with Crippen molar-refractivity contribution in [3.05, 3.63) is 12.4 Å². The molecule has 2 aliphatic heterocycles. The summed E-state index contributed by atoms with van der Waals surface area (Å²) in [6, 6.07) is 0. The molecular weight excluding hydrogens is 216 g/mol. The second-order valence-electron chi connectivity index (χ2n) is 5.14. The van der Waals surface area contributed by atoms with Crippen LogP contribution in [0.25, 0.3) is 0 Å². The van der Waals surface area contributed by atoms with E-state index in [4.69, 9.17) is 0 Å². The van der Waals surface area contributed by atoms with Crippen molar-refractivity contribution in [3.63, 3.8) is 0 Å². The maximum atomic E-state index is 12.5. The lowest BCUT2D eigenvalue weighted by Crippen LogP contribution is -2.45. The first-order valence-corrected chi connectivity index (χ1v) is 6.23. The largest absolute Gasteiger partial charge is 0.316 e. The smallest absolute Gasteiger partial charge is 0.234 e. The van der Waals surface area contributed by atoms with Gasteiger partial charge in [-0.05, 0) is 25.8 Å². The minimum Gasteiger partial charge on any atom is -0.316 e. The molecule has 92 valence electrons. The number of carbonyl (C=O) groups excluding carboxylic acids is 1. The first-order valence-electron chi connectivity index (χ1n) is 6.23. The zero-order valence-electron chi connectivity index (χ0n) is 10.1. The Hall–Kier alpha value is -1.36. The van der Waals surface area contributed by atoms with E-state index < -0.39 is 0 Å². The molecule has 2 fully saturated rings. The van der Waals surface area contributed by atoms with Crippen molar-refractivity contribution in [2.45, 2.75) is 19.3 Å². The minimum absolute atomic E-state index is 0.145. The van der Waals surface area contributed by atoms with E-state index in [1.807, 2.05) is 18.1 Å². The van der Waals surface area contributed by atoms with E-state index in [0.29, 0.717) is 0 Å². The third kappa shape index (κ3) is 1.65. The summed E-state index contributed by atoms with van der Waals surface area (Å²) in [4.78, 5) is 14.4. The van der Waals surface area contributed by atoms with Crippen molar-refractivity contribution in [3.8, 4) is 0 Å². The number of aryl methyl sites for hydroxylation is 1. The predicted molar refractivity (Wildman–Crippen MR) is 64.7 cm³/mol. The lowest BCUT2D eigenvalue weighted by atomic mass is 9.79. The number of piperidine rings is 1. The molecule has 1 aromatic rings. The van der Waals surface area contributed by atoms with Gasteiger partial charge in [-0.2, -0.15) is 5.10 Å². The Morgan fingerprint density at radius 2 is 2.35 bits per heavy atom. The first-order chi connectivity index (χ1) is 8.21. The molecule has 3 heterocycles. The SMILES string of the molecule is Cn1cc(N2CCC3(CCCNC3)C2=O)cn1. The van der Waals surface area contributed by atoms with E-state index in [1.54, 1.807) is 10.9 Å². The fraction of sp³-hybridized carbons (Fsp3) is 0.667. The maximum Gasteiger partial charge on any atom is 0.234 e. The molecule has 0 aromatic carbocycles. The number of nitrogens with one attached hydrogen (secondary N) is 1. The highest BCUT2D eigenvalue weighted by molar-refractivity contribution is 5.99. The Kier molecular flexibility index (Phi) is 2.43. The third-order valence-electron chi connectivity index (χ3n) is 3.99. The second-order valence-corrected chi connectivity index (χ2v) is 5.14. The fourth-order valence-corrected chi connectivity index (χ4v) is 2.98. The summed E-state index contributed by atoms with van der Waals surface area (Å²) in [5.74, 6) is 0.276. The summed E-state index contributed by atoms with van der Waals surface area (Å²) in [7, 11) is 1.88. The molecule has 2 aliphatic rings. The van der Waals surface area contributed by atoms with Gasteiger partial charge in [0.1, 0.15) is 0 Å². The third-order valence-corrected chi connectivity index (χ3v) is 3.99. The van der Waals surface area contributed by atoms with Gasteiger partial charge in [-0.15, -0.1) is 0 Å². The Balaban J connectivity index is 1.84. The van der Waals surface area contributed by atoms with Gasteiger partial charge in [-0.25, -0.2) is 0 Å². The van der Waals surface area contributed by atoms with Gasteiger partial charge in [0.05, 0.1) is 17.3 Å². The van der Waals surface area contributed by atoms with Crippen LogP contribution in [0.4, 0.5) is 5.69 Å². The van der Waals surface area contributed by atoms with Crippen LogP contribution in [0, 0.1) is 5.41 Å². The lowest BCUT2D eigenvalue weighted by Gasteiger charge is -2.31. The van der Waals surface area contributed by atoms with Crippen LogP contribution in [0.2, 0.25) is 0 Å². The number of anilines is 1. The molecule has 17 heavy (non-hydrogen) atoms. The Morgan fingerprint density at radius 3 is 3.00 bits per heavy atom. The van der Waals surface area contributed by atoms with Gasteiger partial charge in [0.25, 0.3) is 0 Å². The van der Waals surface area contributed by atoms with E-state index in [2.05, 4.69) is 10.4 Å². The molecule has 1 atom stereocenters. The van der Waals surface area contributed by atoms with Gasteiger partial charge in [0.15, 0.2) is 0 Å². The number of hydrogen-bond acceptors (Lipinski definition) is 3. The van der Waals surface area contributed by atoms with Gasteiger partial charge >= 0.3 is 0 Å². The number of rotatable bonds is 1. The first kappa shape index (κ1) is 10.8. The maximum absolute atomic E-state index is 12.5. The van der Waals surface area contributed by atoms with E-state index in [0.717, 1.165) is 44.6 Å². The van der Waals surface area contributed by atoms with E-state index in [9.17, 15) is 4.79 Å². The summed E-state index contributed by atoms with van der Waals surface area (Å²) in [6.07, 6.45) is 6.77. The van der Waals surface area contributed by atoms with Gasteiger partial charge in [0, 0.05) is 26.3 Å². The fourth-order valence-electron chi connectivity index (χ4n) is 2.98. The average molecular weight is 234 g/mol. The molecular formula is C12H18N4O. The molecule has 5 heteroatoms. The van der Waals surface area contributed by atoms with Gasteiger partial charge in [-0.3, -0.25) is 9.48 Å². The average Bonchev–Trinajstić information content (AvgIpc) is 2.88. The van der Waals surface area contributed by atoms with Crippen molar-refractivity contribution in [2.75, 3.05) is 24.5 Å². The summed E-state index contributed by atoms with van der Waals surface area (Å²) in [5, 5.41) is 7.49. The molecule has 0 aliphatic carbocycles. The zero-order valence-corrected chi connectivity index (χ0v) is 10.1. The molecule has 0 saturated carbocycles. The van der Waals surface area contributed by atoms with Gasteiger partial charge in [-0.1, -0.05) is 0 Å². The highest BCUT2D eigenvalue weighted by Gasteiger charge is 2.47. The van der Waals surface area contributed by atoms with Gasteiger partial charge in [0.2, 0.25) is 5.91 Å². The minimum atomic E-state index is -0.145. The molecule has 2 saturated heterocycles. The van der Waals surface area contributed by atoms with Crippen molar-refractivity contribution < 1.29 is 4.79 Å². The number of amides is 1. The highest BCUT2D eigenvalue weighted by atomic mass is 16.2. The number of carbonyl (C=O) groups is 1. The Labute approximate surface area is 101 Å². The molecule has 1 spiro atoms. The number of nitrogens with zero attached hydrogens (tertiary/aromatic N) is 3. The monoisotopic (exact) mass is 234 g/mol. The van der Waals surface area contributed by atoms with Crippen LogP contribution in [0.15, 0.2) is 12.4 Å². The molecule has 3 rings (SSSR count). The van der Waals surface area contributed by atoms with Crippen LogP contribution in [0.1, 0.15) is 19.3 Å². The van der Waals surface area contributed by atoms with Crippen molar-refractivity contribution >= 4 is 11.6 Å². The molecule has 1 aromatic heterocycles. The quantitative estimate of drug-likeness (QED) is 0.771. The lowest BCUT2D eigenvalue weighted by molar-refractivity contribution is -0.126. The standard InChI is InChI=1S/C12H18N4O/c1-15-8-10(7-14-15)16-6-4-12(11(16)17)3-2-5-13-9-12/h7-8,13H,2-6,9H2,1H3. The van der Waals surface area contributed by atoms with Crippen LogP contribution < -0.4 is 10.2 Å². The molecule has 1 amide bonds. The number of aromatic nitrogens is 2. The number of hydrogen-bond donors (Lipinski definition) is 1. The summed E-state index contributed by atoms with van der Waals surface area (Å²) >= 11 is 0. The van der Waals surface area contributed by atoms with Gasteiger partial charge < -0.3 is 10.2 Å². The molecule has 1 unspecified atom stereocenters. The molecule has 0 radical (unpaired) electrons. The summed E-state index contributed by atoms with van der Waals surface area (Å²) in [6.45, 7) is 2.71. The predicted octanol–water partition coefficient (Wildman–Crippen LogP) is 0.527. The Bertz CT molecular complexity index is 433. The molecule has 1 N–H and O–H groups in total. The highest BCUT2D eigenvalue weighted by Crippen LogP contribution is 2.39. The van der Waals surface area contributed by atoms with Crippen molar-refractivity contribution in [1.82, 2.24) is 15.1 Å².